The SMILES string of the molecule is CCOc1ccc(-c2ncc([N+](=O)[O-])cc2-c2nnn(C(c3ccccc3)(c3ccccc3)c3ccccc3)n2)cn1. The normalized spacial score (nSPS) is 11.3. The van der Waals surface area contributed by atoms with Gasteiger partial charge in [0.2, 0.25) is 11.7 Å². The van der Waals surface area contributed by atoms with Gasteiger partial charge in [-0.2, -0.15) is 0 Å². The summed E-state index contributed by atoms with van der Waals surface area (Å²) in [5.41, 5.74) is 2.97. The molecule has 0 spiro atoms. The zero-order chi connectivity index (χ0) is 28.9. The number of nitrogens with zero attached hydrogens (tertiary/aromatic N) is 7. The average Bonchev–Trinajstić information content (AvgIpc) is 3.54. The van der Waals surface area contributed by atoms with Crippen molar-refractivity contribution in [1.82, 2.24) is 30.2 Å². The maximum atomic E-state index is 11.7. The van der Waals surface area contributed by atoms with Crippen LogP contribution in [0.15, 0.2) is 122 Å². The molecular weight excluding hydrogens is 530 g/mol. The molecule has 0 radical (unpaired) electrons. The Morgan fingerprint density at radius 2 is 1.40 bits per heavy atom. The summed E-state index contributed by atoms with van der Waals surface area (Å²) in [6, 6.07) is 34.7. The Labute approximate surface area is 241 Å². The molecule has 0 unspecified atom stereocenters. The van der Waals surface area contributed by atoms with Crippen LogP contribution in [0, 0.1) is 10.1 Å². The van der Waals surface area contributed by atoms with Gasteiger partial charge in [-0.05, 0) is 34.9 Å². The number of pyridine rings is 2. The second-order valence-corrected chi connectivity index (χ2v) is 9.38. The summed E-state index contributed by atoms with van der Waals surface area (Å²) in [7, 11) is 0. The predicted octanol–water partition coefficient (Wildman–Crippen LogP) is 5.94. The van der Waals surface area contributed by atoms with Crippen molar-refractivity contribution in [2.45, 2.75) is 12.5 Å². The van der Waals surface area contributed by atoms with Crippen LogP contribution in [-0.4, -0.2) is 41.7 Å². The van der Waals surface area contributed by atoms with Crippen LogP contribution >= 0.6 is 0 Å². The molecule has 0 fully saturated rings. The van der Waals surface area contributed by atoms with Gasteiger partial charge in [-0.25, -0.2) is 9.97 Å². The second-order valence-electron chi connectivity index (χ2n) is 9.38. The van der Waals surface area contributed by atoms with Crippen molar-refractivity contribution in [1.29, 1.82) is 0 Å². The Morgan fingerprint density at radius 1 is 0.810 bits per heavy atom. The molecule has 10 nitrogen and oxygen atoms in total. The summed E-state index contributed by atoms with van der Waals surface area (Å²) in [5, 5.41) is 25.7. The maximum absolute atomic E-state index is 11.7. The zero-order valence-corrected chi connectivity index (χ0v) is 22.6. The van der Waals surface area contributed by atoms with E-state index in [0.717, 1.165) is 16.7 Å². The van der Waals surface area contributed by atoms with Crippen LogP contribution in [0.1, 0.15) is 23.6 Å². The highest BCUT2D eigenvalue weighted by atomic mass is 16.6. The highest BCUT2D eigenvalue weighted by Gasteiger charge is 2.41. The fraction of sp³-hybridized carbons (Fsp3) is 0.0938. The number of hydrogen-bond donors (Lipinski definition) is 0. The summed E-state index contributed by atoms with van der Waals surface area (Å²) in [5.74, 6) is 0.648. The van der Waals surface area contributed by atoms with E-state index in [4.69, 9.17) is 9.84 Å². The third-order valence-corrected chi connectivity index (χ3v) is 6.92. The fourth-order valence-electron chi connectivity index (χ4n) is 5.06. The van der Waals surface area contributed by atoms with Crippen LogP contribution in [0.25, 0.3) is 22.6 Å². The molecule has 0 N–H and O–H groups in total. The lowest BCUT2D eigenvalue weighted by molar-refractivity contribution is -0.385. The second kappa shape index (κ2) is 11.4. The molecule has 0 amide bonds. The van der Waals surface area contributed by atoms with Crippen LogP contribution in [0.5, 0.6) is 5.88 Å². The maximum Gasteiger partial charge on any atom is 0.288 e. The smallest absolute Gasteiger partial charge is 0.288 e. The minimum Gasteiger partial charge on any atom is -0.478 e. The van der Waals surface area contributed by atoms with E-state index < -0.39 is 10.5 Å². The first kappa shape index (κ1) is 26.5. The van der Waals surface area contributed by atoms with E-state index in [1.54, 1.807) is 23.1 Å². The molecule has 3 aromatic carbocycles. The molecule has 0 aliphatic rings. The van der Waals surface area contributed by atoms with Crippen LogP contribution in [0.4, 0.5) is 5.69 Å². The molecule has 0 bridgehead atoms. The number of hydrogen-bond acceptors (Lipinski definition) is 8. The van der Waals surface area contributed by atoms with Gasteiger partial charge in [0.1, 0.15) is 6.20 Å². The van der Waals surface area contributed by atoms with Crippen molar-refractivity contribution in [3.8, 4) is 28.5 Å². The largest absolute Gasteiger partial charge is 0.478 e. The van der Waals surface area contributed by atoms with Gasteiger partial charge in [-0.1, -0.05) is 91.0 Å². The van der Waals surface area contributed by atoms with Gasteiger partial charge in [0, 0.05) is 23.9 Å². The molecule has 3 aromatic heterocycles. The Bertz CT molecular complexity index is 1710. The molecule has 206 valence electrons. The molecule has 42 heavy (non-hydrogen) atoms. The van der Waals surface area contributed by atoms with E-state index in [1.807, 2.05) is 97.9 Å². The van der Waals surface area contributed by atoms with Crippen LogP contribution in [0.2, 0.25) is 0 Å². The molecule has 3 heterocycles. The molecule has 6 aromatic rings. The molecule has 0 saturated heterocycles. The van der Waals surface area contributed by atoms with E-state index in [-0.39, 0.29) is 11.5 Å². The number of aromatic nitrogens is 6. The molecule has 10 heteroatoms. The summed E-state index contributed by atoms with van der Waals surface area (Å²) in [4.78, 5) is 21.6. The number of nitro groups is 1. The topological polar surface area (TPSA) is 122 Å². The van der Waals surface area contributed by atoms with Crippen molar-refractivity contribution in [3.05, 3.63) is 148 Å². The van der Waals surface area contributed by atoms with Crippen molar-refractivity contribution < 1.29 is 9.66 Å². The number of rotatable bonds is 9. The average molecular weight is 556 g/mol. The summed E-state index contributed by atoms with van der Waals surface area (Å²) < 4.78 is 5.47. The van der Waals surface area contributed by atoms with Crippen molar-refractivity contribution in [2.24, 2.45) is 0 Å². The Balaban J connectivity index is 1.58. The third-order valence-electron chi connectivity index (χ3n) is 6.92. The van der Waals surface area contributed by atoms with Gasteiger partial charge in [-0.3, -0.25) is 10.1 Å². The predicted molar refractivity (Wildman–Crippen MR) is 157 cm³/mol. The lowest BCUT2D eigenvalue weighted by Crippen LogP contribution is -2.39. The summed E-state index contributed by atoms with van der Waals surface area (Å²) >= 11 is 0. The molecule has 0 saturated carbocycles. The van der Waals surface area contributed by atoms with E-state index in [9.17, 15) is 10.1 Å². The van der Waals surface area contributed by atoms with Gasteiger partial charge in [0.05, 0.1) is 22.8 Å². The van der Waals surface area contributed by atoms with E-state index in [1.165, 1.54) is 12.3 Å². The minimum atomic E-state index is -0.996. The Morgan fingerprint density at radius 3 is 1.90 bits per heavy atom. The molecule has 6 rings (SSSR count). The van der Waals surface area contributed by atoms with Crippen molar-refractivity contribution in [3.63, 3.8) is 0 Å². The van der Waals surface area contributed by atoms with Crippen LogP contribution < -0.4 is 4.74 Å². The summed E-state index contributed by atoms with van der Waals surface area (Å²) in [6.45, 7) is 2.35. The van der Waals surface area contributed by atoms with Gasteiger partial charge in [-0.15, -0.1) is 15.0 Å². The van der Waals surface area contributed by atoms with E-state index >= 15 is 0 Å². The highest BCUT2D eigenvalue weighted by molar-refractivity contribution is 5.78. The first-order valence-corrected chi connectivity index (χ1v) is 13.3. The molecule has 0 aliphatic heterocycles. The molecule has 0 atom stereocenters. The Kier molecular flexibility index (Phi) is 7.17. The third kappa shape index (κ3) is 4.75. The number of benzene rings is 3. The monoisotopic (exact) mass is 555 g/mol. The highest BCUT2D eigenvalue weighted by Crippen LogP contribution is 2.40. The van der Waals surface area contributed by atoms with Crippen molar-refractivity contribution in [2.75, 3.05) is 6.61 Å². The molecule has 0 aliphatic carbocycles. The summed E-state index contributed by atoms with van der Waals surface area (Å²) in [6.07, 6.45) is 2.82. The van der Waals surface area contributed by atoms with E-state index in [2.05, 4.69) is 20.3 Å². The van der Waals surface area contributed by atoms with Gasteiger partial charge in [0.25, 0.3) is 5.69 Å². The van der Waals surface area contributed by atoms with Crippen LogP contribution in [0.3, 0.4) is 0 Å². The van der Waals surface area contributed by atoms with Crippen LogP contribution in [-0.2, 0) is 5.54 Å². The lowest BCUT2D eigenvalue weighted by Gasteiger charge is -2.34. The fourth-order valence-corrected chi connectivity index (χ4v) is 5.06. The first-order chi connectivity index (χ1) is 20.6. The zero-order valence-electron chi connectivity index (χ0n) is 22.6. The quantitative estimate of drug-likeness (QED) is 0.122. The lowest BCUT2D eigenvalue weighted by atomic mass is 9.77. The van der Waals surface area contributed by atoms with Gasteiger partial charge < -0.3 is 4.74 Å². The van der Waals surface area contributed by atoms with Gasteiger partial charge >= 0.3 is 0 Å². The number of tetrazole rings is 1. The van der Waals surface area contributed by atoms with Gasteiger partial charge in [0.15, 0.2) is 5.54 Å². The van der Waals surface area contributed by atoms with Crippen molar-refractivity contribution >= 4 is 5.69 Å². The minimum absolute atomic E-state index is 0.183. The molecular formula is C32H25N7O3. The van der Waals surface area contributed by atoms with E-state index in [0.29, 0.717) is 29.3 Å². The first-order valence-electron chi connectivity index (χ1n) is 13.3. The number of ether oxygens (including phenoxy) is 1. The standard InChI is InChI=1S/C32H25N7O3/c1-2-42-29-19-18-23(21-33-29)30-28(20-27(22-34-30)38(40)41)31-35-37-39(36-31)32(24-12-6-3-7-13-24,25-14-8-4-9-15-25)26-16-10-5-11-17-26/h3-22H,2H2,1H3. The Hall–Kier alpha value is -5.77.